The third-order valence-electron chi connectivity index (χ3n) is 5.68. The van der Waals surface area contributed by atoms with Crippen molar-refractivity contribution in [3.8, 4) is 0 Å². The molecule has 178 valence electrons. The second-order valence-electron chi connectivity index (χ2n) is 8.44. The van der Waals surface area contributed by atoms with E-state index < -0.39 is 41.1 Å². The minimum Gasteiger partial charge on any atom is -0.422 e. The van der Waals surface area contributed by atoms with E-state index in [0.717, 1.165) is 5.56 Å². The van der Waals surface area contributed by atoms with Crippen LogP contribution in [-0.4, -0.2) is 35.5 Å². The number of aryl methyl sites for hydroxylation is 1. The molecule has 0 radical (unpaired) electrons. The van der Waals surface area contributed by atoms with Crippen LogP contribution in [0.2, 0.25) is 0 Å². The molecule has 34 heavy (non-hydrogen) atoms. The monoisotopic (exact) mass is 464 g/mol. The van der Waals surface area contributed by atoms with E-state index in [1.54, 1.807) is 0 Å². The zero-order chi connectivity index (χ0) is 25.3. The van der Waals surface area contributed by atoms with Crippen molar-refractivity contribution >= 4 is 34.0 Å². The van der Waals surface area contributed by atoms with Gasteiger partial charge in [-0.3, -0.25) is 14.4 Å². The molecule has 3 unspecified atom stereocenters. The molecule has 3 atom stereocenters. The van der Waals surface area contributed by atoms with Gasteiger partial charge in [0.15, 0.2) is 17.3 Å². The number of hydrogen-bond acceptors (Lipinski definition) is 9. The molecule has 3 aromatic rings. The summed E-state index contributed by atoms with van der Waals surface area (Å²) in [6.07, 6.45) is 0.193. The van der Waals surface area contributed by atoms with Crippen molar-refractivity contribution < 1.29 is 18.8 Å². The number of Topliss-reactive ketones (excluding diaryl/α,β-unsaturated/α-hetero) is 3. The molecule has 1 heterocycles. The van der Waals surface area contributed by atoms with E-state index in [9.17, 15) is 19.2 Å². The Labute approximate surface area is 196 Å². The largest absolute Gasteiger partial charge is 0.422 e. The van der Waals surface area contributed by atoms with Gasteiger partial charge in [-0.2, -0.15) is 0 Å². The standard InChI is InChI=1S/C25H28N4O5/c1-11-18-17(10-15(28)20(22(30)12(2)26)21(18)23(31)13(3)27)34-25(33)19(11)24(32)16(29)9-14-7-5-4-6-8-14/h4-8,10,12-13,16H,9,26-29H2,1-3H3. The summed E-state index contributed by atoms with van der Waals surface area (Å²) in [5.41, 5.74) is 23.3. The first-order valence-corrected chi connectivity index (χ1v) is 10.8. The van der Waals surface area contributed by atoms with Crippen LogP contribution in [0.5, 0.6) is 0 Å². The second kappa shape index (κ2) is 9.68. The molecule has 3 rings (SSSR count). The van der Waals surface area contributed by atoms with Gasteiger partial charge in [0.2, 0.25) is 0 Å². The van der Waals surface area contributed by atoms with Crippen LogP contribution in [0.3, 0.4) is 0 Å². The summed E-state index contributed by atoms with van der Waals surface area (Å²) in [6, 6.07) is 7.37. The SMILES string of the molecule is Cc1c(C(=O)C(N)Cc2ccccc2)c(=O)oc2cc(N)c(C(=O)C(C)N)c(C(=O)C(C)N)c12. The molecule has 0 spiro atoms. The van der Waals surface area contributed by atoms with E-state index in [2.05, 4.69) is 0 Å². The number of carbonyl (C=O) groups excluding carboxylic acids is 3. The highest BCUT2D eigenvalue weighted by molar-refractivity contribution is 6.22. The molecule has 8 N–H and O–H groups in total. The van der Waals surface area contributed by atoms with Crippen LogP contribution in [0.15, 0.2) is 45.6 Å². The van der Waals surface area contributed by atoms with Gasteiger partial charge in [0.25, 0.3) is 0 Å². The number of carbonyl (C=O) groups is 3. The molecule has 0 saturated carbocycles. The maximum Gasteiger partial charge on any atom is 0.347 e. The van der Waals surface area contributed by atoms with Crippen molar-refractivity contribution in [2.45, 2.75) is 45.3 Å². The third-order valence-corrected chi connectivity index (χ3v) is 5.68. The fraction of sp³-hybridized carbons (Fsp3) is 0.280. The van der Waals surface area contributed by atoms with E-state index in [0.29, 0.717) is 0 Å². The molecule has 0 saturated heterocycles. The van der Waals surface area contributed by atoms with Crippen LogP contribution in [0, 0.1) is 6.92 Å². The zero-order valence-corrected chi connectivity index (χ0v) is 19.3. The van der Waals surface area contributed by atoms with Gasteiger partial charge in [0, 0.05) is 22.7 Å². The van der Waals surface area contributed by atoms with Crippen molar-refractivity contribution in [1.29, 1.82) is 0 Å². The lowest BCUT2D eigenvalue weighted by molar-refractivity contribution is 0.0937. The lowest BCUT2D eigenvalue weighted by atomic mass is 9.86. The van der Waals surface area contributed by atoms with Gasteiger partial charge in [-0.05, 0) is 38.3 Å². The molecule has 0 amide bonds. The first-order chi connectivity index (χ1) is 16.0. The molecule has 1 aromatic heterocycles. The lowest BCUT2D eigenvalue weighted by Crippen LogP contribution is -2.36. The first kappa shape index (κ1) is 25.0. The summed E-state index contributed by atoms with van der Waals surface area (Å²) >= 11 is 0. The third kappa shape index (κ3) is 4.54. The van der Waals surface area contributed by atoms with Crippen LogP contribution < -0.4 is 28.6 Å². The number of anilines is 1. The molecule has 0 aliphatic heterocycles. The number of benzene rings is 2. The van der Waals surface area contributed by atoms with Crippen LogP contribution in [0.1, 0.15) is 56.0 Å². The van der Waals surface area contributed by atoms with E-state index >= 15 is 0 Å². The maximum atomic E-state index is 13.2. The number of rotatable bonds is 8. The van der Waals surface area contributed by atoms with Crippen LogP contribution in [0.25, 0.3) is 11.0 Å². The van der Waals surface area contributed by atoms with E-state index in [1.807, 2.05) is 30.3 Å². The maximum absolute atomic E-state index is 13.2. The van der Waals surface area contributed by atoms with Gasteiger partial charge in [0.1, 0.15) is 11.1 Å². The Bertz CT molecular complexity index is 1340. The van der Waals surface area contributed by atoms with E-state index in [1.165, 1.54) is 26.8 Å². The van der Waals surface area contributed by atoms with Crippen molar-refractivity contribution in [3.63, 3.8) is 0 Å². The number of nitrogens with two attached hydrogens (primary N) is 4. The van der Waals surface area contributed by atoms with Gasteiger partial charge in [0.05, 0.1) is 23.7 Å². The predicted octanol–water partition coefficient (Wildman–Crippen LogP) is 1.50. The Balaban J connectivity index is 2.30. The molecular formula is C25H28N4O5. The fourth-order valence-corrected chi connectivity index (χ4v) is 3.96. The van der Waals surface area contributed by atoms with Gasteiger partial charge in [-0.25, -0.2) is 4.79 Å². The Morgan fingerprint density at radius 1 is 0.882 bits per heavy atom. The van der Waals surface area contributed by atoms with Crippen molar-refractivity contribution in [3.05, 3.63) is 74.6 Å². The summed E-state index contributed by atoms with van der Waals surface area (Å²) < 4.78 is 5.39. The zero-order valence-electron chi connectivity index (χ0n) is 19.3. The molecule has 0 fully saturated rings. The Morgan fingerprint density at radius 2 is 1.44 bits per heavy atom. The Morgan fingerprint density at radius 3 is 2.00 bits per heavy atom. The highest BCUT2D eigenvalue weighted by atomic mass is 16.4. The fourth-order valence-electron chi connectivity index (χ4n) is 3.96. The number of hydrogen-bond donors (Lipinski definition) is 4. The molecule has 0 aliphatic rings. The smallest absolute Gasteiger partial charge is 0.347 e. The van der Waals surface area contributed by atoms with E-state index in [-0.39, 0.29) is 45.3 Å². The second-order valence-corrected chi connectivity index (χ2v) is 8.44. The average Bonchev–Trinajstić information content (AvgIpc) is 2.77. The minimum atomic E-state index is -1.03. The topological polar surface area (TPSA) is 186 Å². The Hall–Kier alpha value is -3.66. The van der Waals surface area contributed by atoms with Gasteiger partial charge in [-0.1, -0.05) is 30.3 Å². The molecule has 0 aliphatic carbocycles. The normalized spacial score (nSPS) is 13.9. The van der Waals surface area contributed by atoms with Crippen LogP contribution in [0.4, 0.5) is 5.69 Å². The Kier molecular flexibility index (Phi) is 7.11. The van der Waals surface area contributed by atoms with E-state index in [4.69, 9.17) is 27.4 Å². The molecular weight excluding hydrogens is 436 g/mol. The summed E-state index contributed by atoms with van der Waals surface area (Å²) in [5.74, 6) is -1.83. The van der Waals surface area contributed by atoms with Crippen molar-refractivity contribution in [2.24, 2.45) is 17.2 Å². The summed E-state index contributed by atoms with van der Waals surface area (Å²) in [7, 11) is 0. The molecule has 0 bridgehead atoms. The van der Waals surface area contributed by atoms with Gasteiger partial charge < -0.3 is 27.4 Å². The van der Waals surface area contributed by atoms with Gasteiger partial charge in [-0.15, -0.1) is 0 Å². The predicted molar refractivity (Wildman–Crippen MR) is 130 cm³/mol. The summed E-state index contributed by atoms with van der Waals surface area (Å²) in [6.45, 7) is 4.41. The number of nitrogen functional groups attached to an aromatic ring is 1. The van der Waals surface area contributed by atoms with Crippen molar-refractivity contribution in [1.82, 2.24) is 0 Å². The first-order valence-electron chi connectivity index (χ1n) is 10.8. The molecule has 2 aromatic carbocycles. The summed E-state index contributed by atoms with van der Waals surface area (Å²) in [4.78, 5) is 52.1. The van der Waals surface area contributed by atoms with Gasteiger partial charge >= 0.3 is 5.63 Å². The quantitative estimate of drug-likeness (QED) is 0.218. The van der Waals surface area contributed by atoms with Crippen molar-refractivity contribution in [2.75, 3.05) is 5.73 Å². The molecule has 9 heteroatoms. The molecule has 9 nitrogen and oxygen atoms in total. The number of ketones is 3. The number of fused-ring (bicyclic) bond motifs is 1. The van der Waals surface area contributed by atoms with Crippen LogP contribution >= 0.6 is 0 Å². The lowest BCUT2D eigenvalue weighted by Gasteiger charge is -2.19. The highest BCUT2D eigenvalue weighted by Crippen LogP contribution is 2.32. The average molecular weight is 465 g/mol. The van der Waals surface area contributed by atoms with Crippen LogP contribution in [-0.2, 0) is 6.42 Å². The highest BCUT2D eigenvalue weighted by Gasteiger charge is 2.31. The minimum absolute atomic E-state index is 0.0431. The summed E-state index contributed by atoms with van der Waals surface area (Å²) in [5, 5.41) is 0.107.